The Morgan fingerprint density at radius 2 is 2.06 bits per heavy atom. The minimum absolute atomic E-state index is 0.217. The first kappa shape index (κ1) is 11.9. The molecule has 2 rings (SSSR count). The Hall–Kier alpha value is -1.61. The molecule has 88 valence electrons. The molecule has 0 bridgehead atoms. The third kappa shape index (κ3) is 1.76. The lowest BCUT2D eigenvalue weighted by Gasteiger charge is -2.12. The molecule has 0 aliphatic heterocycles. The summed E-state index contributed by atoms with van der Waals surface area (Å²) < 4.78 is 5.26. The van der Waals surface area contributed by atoms with Gasteiger partial charge < -0.3 is 4.74 Å². The molecule has 2 aromatic rings. The summed E-state index contributed by atoms with van der Waals surface area (Å²) in [7, 11) is 1.59. The van der Waals surface area contributed by atoms with E-state index in [4.69, 9.17) is 16.3 Å². The van der Waals surface area contributed by atoms with Gasteiger partial charge in [-0.25, -0.2) is 4.98 Å². The van der Waals surface area contributed by atoms with Crippen molar-refractivity contribution in [2.24, 2.45) is 0 Å². The maximum Gasteiger partial charge on any atom is 0.153 e. The van der Waals surface area contributed by atoms with Gasteiger partial charge in [0.25, 0.3) is 0 Å². The molecule has 0 saturated carbocycles. The summed E-state index contributed by atoms with van der Waals surface area (Å²) >= 11 is 5.99. The topological polar surface area (TPSA) is 39.2 Å². The molecule has 0 N–H and O–H groups in total. The van der Waals surface area contributed by atoms with Crippen LogP contribution in [-0.4, -0.2) is 18.4 Å². The van der Waals surface area contributed by atoms with Crippen molar-refractivity contribution in [3.63, 3.8) is 0 Å². The van der Waals surface area contributed by atoms with Gasteiger partial charge in [0, 0.05) is 5.39 Å². The van der Waals surface area contributed by atoms with Crippen molar-refractivity contribution in [2.45, 2.75) is 13.8 Å². The van der Waals surface area contributed by atoms with Gasteiger partial charge in [0.1, 0.15) is 16.4 Å². The highest BCUT2D eigenvalue weighted by atomic mass is 35.5. The van der Waals surface area contributed by atoms with E-state index in [1.54, 1.807) is 7.11 Å². The third-order valence-corrected chi connectivity index (χ3v) is 3.19. The Bertz CT molecular complexity index is 608. The van der Waals surface area contributed by atoms with E-state index >= 15 is 0 Å². The molecular weight excluding hydrogens is 238 g/mol. The number of pyridine rings is 1. The van der Waals surface area contributed by atoms with Crippen LogP contribution >= 0.6 is 11.6 Å². The number of carbonyl (C=O) groups excluding carboxylic acids is 1. The van der Waals surface area contributed by atoms with Gasteiger partial charge in [0.15, 0.2) is 6.29 Å². The average Bonchev–Trinajstić information content (AvgIpc) is 2.29. The van der Waals surface area contributed by atoms with Gasteiger partial charge in [0.05, 0.1) is 12.7 Å². The number of hydrogen-bond donors (Lipinski definition) is 0. The number of aldehydes is 1. The van der Waals surface area contributed by atoms with Gasteiger partial charge in [-0.05, 0) is 31.0 Å². The van der Waals surface area contributed by atoms with Gasteiger partial charge in [-0.3, -0.25) is 4.79 Å². The van der Waals surface area contributed by atoms with E-state index < -0.39 is 0 Å². The molecule has 0 radical (unpaired) electrons. The largest absolute Gasteiger partial charge is 0.494 e. The molecule has 1 aromatic carbocycles. The fraction of sp³-hybridized carbons (Fsp3) is 0.231. The number of ether oxygens (including phenoxy) is 1. The lowest BCUT2D eigenvalue weighted by Crippen LogP contribution is -1.98. The second-order valence-corrected chi connectivity index (χ2v) is 4.23. The number of nitrogens with zero attached hydrogens (tertiary/aromatic N) is 1. The lowest BCUT2D eigenvalue weighted by atomic mass is 10.0. The summed E-state index contributed by atoms with van der Waals surface area (Å²) in [5.74, 6) is 0.660. The predicted molar refractivity (Wildman–Crippen MR) is 68.2 cm³/mol. The highest BCUT2D eigenvalue weighted by molar-refractivity contribution is 6.32. The number of rotatable bonds is 2. The van der Waals surface area contributed by atoms with Crippen LogP contribution < -0.4 is 4.74 Å². The van der Waals surface area contributed by atoms with Gasteiger partial charge in [0.2, 0.25) is 0 Å². The van der Waals surface area contributed by atoms with Crippen molar-refractivity contribution in [3.05, 3.63) is 34.0 Å². The van der Waals surface area contributed by atoms with Crippen molar-refractivity contribution in [3.8, 4) is 5.75 Å². The van der Waals surface area contributed by atoms with Crippen LogP contribution in [0.3, 0.4) is 0 Å². The first-order valence-corrected chi connectivity index (χ1v) is 5.56. The summed E-state index contributed by atoms with van der Waals surface area (Å²) in [4.78, 5) is 15.2. The smallest absolute Gasteiger partial charge is 0.153 e. The molecule has 3 nitrogen and oxygen atoms in total. The van der Waals surface area contributed by atoms with Gasteiger partial charge >= 0.3 is 0 Å². The van der Waals surface area contributed by atoms with Crippen LogP contribution in [0.4, 0.5) is 0 Å². The van der Waals surface area contributed by atoms with Crippen LogP contribution in [0.5, 0.6) is 5.75 Å². The molecular formula is C13H12ClNO2. The summed E-state index contributed by atoms with van der Waals surface area (Å²) in [5.41, 5.74) is 3.02. The van der Waals surface area contributed by atoms with E-state index in [0.29, 0.717) is 16.8 Å². The number of fused-ring (bicyclic) bond motifs is 1. The standard InChI is InChI=1S/C13H12ClNO2/c1-7-4-5-10(17-3)12-11(7)8(2)9(6-16)13(14)15-12/h4-6H,1-3H3. The molecule has 0 aliphatic carbocycles. The zero-order valence-electron chi connectivity index (χ0n) is 9.87. The van der Waals surface area contributed by atoms with E-state index in [9.17, 15) is 4.79 Å². The van der Waals surface area contributed by atoms with Crippen molar-refractivity contribution in [2.75, 3.05) is 7.11 Å². The van der Waals surface area contributed by atoms with Crippen LogP contribution in [0.2, 0.25) is 5.15 Å². The van der Waals surface area contributed by atoms with Crippen LogP contribution in [0.1, 0.15) is 21.5 Å². The Labute approximate surface area is 104 Å². The van der Waals surface area contributed by atoms with E-state index in [1.165, 1.54) is 0 Å². The molecule has 0 aliphatic rings. The van der Waals surface area contributed by atoms with E-state index in [-0.39, 0.29) is 5.15 Å². The molecule has 0 fully saturated rings. The molecule has 0 saturated heterocycles. The molecule has 4 heteroatoms. The normalized spacial score (nSPS) is 10.6. The van der Waals surface area contributed by atoms with Crippen LogP contribution in [0.25, 0.3) is 10.9 Å². The summed E-state index contributed by atoms with van der Waals surface area (Å²) in [5, 5.41) is 1.14. The van der Waals surface area contributed by atoms with Gasteiger partial charge in [-0.15, -0.1) is 0 Å². The van der Waals surface area contributed by atoms with Crippen molar-refractivity contribution >= 4 is 28.8 Å². The van der Waals surface area contributed by atoms with E-state index in [0.717, 1.165) is 22.8 Å². The average molecular weight is 250 g/mol. The molecule has 0 atom stereocenters. The fourth-order valence-electron chi connectivity index (χ4n) is 2.01. The number of carbonyl (C=O) groups is 1. The lowest BCUT2D eigenvalue weighted by molar-refractivity contribution is 0.112. The third-order valence-electron chi connectivity index (χ3n) is 2.90. The monoisotopic (exact) mass is 249 g/mol. The Kier molecular flexibility index (Phi) is 3.03. The Balaban J connectivity index is 2.99. The number of methoxy groups -OCH3 is 1. The van der Waals surface area contributed by atoms with Gasteiger partial charge in [-0.2, -0.15) is 0 Å². The molecule has 1 heterocycles. The van der Waals surface area contributed by atoms with Crippen LogP contribution in [0, 0.1) is 13.8 Å². The quantitative estimate of drug-likeness (QED) is 0.605. The maximum absolute atomic E-state index is 11.0. The number of hydrogen-bond acceptors (Lipinski definition) is 3. The summed E-state index contributed by atoms with van der Waals surface area (Å²) in [6, 6.07) is 3.79. The van der Waals surface area contributed by atoms with Gasteiger partial charge in [-0.1, -0.05) is 17.7 Å². The SMILES string of the molecule is COc1ccc(C)c2c(C)c(C=O)c(Cl)nc12. The Morgan fingerprint density at radius 3 is 2.65 bits per heavy atom. The number of benzene rings is 1. The number of halogens is 1. The van der Waals surface area contributed by atoms with Crippen molar-refractivity contribution in [1.82, 2.24) is 4.98 Å². The molecule has 0 spiro atoms. The second-order valence-electron chi connectivity index (χ2n) is 3.87. The molecule has 17 heavy (non-hydrogen) atoms. The first-order valence-electron chi connectivity index (χ1n) is 5.18. The minimum atomic E-state index is 0.217. The predicted octanol–water partition coefficient (Wildman–Crippen LogP) is 3.33. The fourth-order valence-corrected chi connectivity index (χ4v) is 2.28. The second kappa shape index (κ2) is 4.34. The zero-order valence-corrected chi connectivity index (χ0v) is 10.6. The van der Waals surface area contributed by atoms with E-state index in [1.807, 2.05) is 26.0 Å². The minimum Gasteiger partial charge on any atom is -0.494 e. The molecule has 1 aromatic heterocycles. The highest BCUT2D eigenvalue weighted by Gasteiger charge is 2.14. The number of aryl methyl sites for hydroxylation is 2. The first-order chi connectivity index (χ1) is 8.10. The van der Waals surface area contributed by atoms with E-state index in [2.05, 4.69) is 4.98 Å². The summed E-state index contributed by atoms with van der Waals surface area (Å²) in [6.07, 6.45) is 0.739. The van der Waals surface area contributed by atoms with Crippen molar-refractivity contribution < 1.29 is 9.53 Å². The Morgan fingerprint density at radius 1 is 1.35 bits per heavy atom. The van der Waals surface area contributed by atoms with Crippen molar-refractivity contribution in [1.29, 1.82) is 0 Å². The maximum atomic E-state index is 11.0. The zero-order chi connectivity index (χ0) is 12.6. The molecule has 0 unspecified atom stereocenters. The summed E-state index contributed by atoms with van der Waals surface area (Å²) in [6.45, 7) is 3.84. The van der Waals surface area contributed by atoms with Crippen LogP contribution in [-0.2, 0) is 0 Å². The highest BCUT2D eigenvalue weighted by Crippen LogP contribution is 2.32. The number of aromatic nitrogens is 1. The molecule has 0 amide bonds. The van der Waals surface area contributed by atoms with Crippen LogP contribution in [0.15, 0.2) is 12.1 Å².